The van der Waals surface area contributed by atoms with E-state index in [2.05, 4.69) is 31.0 Å². The summed E-state index contributed by atoms with van der Waals surface area (Å²) in [6.45, 7) is 0.851. The molecule has 104 valence electrons. The first-order valence-corrected chi connectivity index (χ1v) is 6.68. The lowest BCUT2D eigenvalue weighted by atomic mass is 10.2. The molecule has 1 unspecified atom stereocenters. The lowest BCUT2D eigenvalue weighted by Crippen LogP contribution is -2.33. The van der Waals surface area contributed by atoms with Crippen molar-refractivity contribution >= 4 is 11.0 Å². The number of aromatic nitrogens is 5. The number of benzene rings is 1. The Kier molecular flexibility index (Phi) is 3.47. The molecule has 0 saturated carbocycles. The highest BCUT2D eigenvalue weighted by Crippen LogP contribution is 2.13. The Balaban J connectivity index is 1.79. The molecule has 0 aliphatic rings. The lowest BCUT2D eigenvalue weighted by Gasteiger charge is -2.16. The minimum absolute atomic E-state index is 0.288. The highest BCUT2D eigenvalue weighted by atomic mass is 15.3. The number of rotatable bonds is 5. The standard InChI is InChI=1S/C14H18N6/c1-15-11(7-14-16-9-18-19(14)2)8-20-10-17-12-5-3-4-6-13(12)20/h3-6,9-11,15H,7-8H2,1-2H3. The van der Waals surface area contributed by atoms with Gasteiger partial charge in [-0.3, -0.25) is 4.68 Å². The number of para-hydroxylation sites is 2. The van der Waals surface area contributed by atoms with Gasteiger partial charge in [-0.2, -0.15) is 5.10 Å². The monoisotopic (exact) mass is 270 g/mol. The maximum atomic E-state index is 4.42. The molecule has 1 atom stereocenters. The van der Waals surface area contributed by atoms with Crippen molar-refractivity contribution in [2.75, 3.05) is 7.05 Å². The number of likely N-dealkylation sites (N-methyl/N-ethyl adjacent to an activating group) is 1. The van der Waals surface area contributed by atoms with E-state index < -0.39 is 0 Å². The zero-order valence-corrected chi connectivity index (χ0v) is 11.7. The second kappa shape index (κ2) is 5.42. The fourth-order valence-corrected chi connectivity index (χ4v) is 2.38. The van der Waals surface area contributed by atoms with Crippen LogP contribution in [0.2, 0.25) is 0 Å². The van der Waals surface area contributed by atoms with E-state index in [1.54, 1.807) is 6.33 Å². The zero-order valence-electron chi connectivity index (χ0n) is 11.7. The maximum Gasteiger partial charge on any atom is 0.138 e. The Morgan fingerprint density at radius 2 is 2.10 bits per heavy atom. The van der Waals surface area contributed by atoms with Crippen molar-refractivity contribution in [1.29, 1.82) is 0 Å². The fourth-order valence-electron chi connectivity index (χ4n) is 2.38. The third kappa shape index (κ3) is 2.42. The van der Waals surface area contributed by atoms with Gasteiger partial charge in [0.25, 0.3) is 0 Å². The number of hydrogen-bond donors (Lipinski definition) is 1. The molecule has 2 heterocycles. The summed E-state index contributed by atoms with van der Waals surface area (Å²) in [6, 6.07) is 8.46. The van der Waals surface area contributed by atoms with Gasteiger partial charge in [-0.1, -0.05) is 12.1 Å². The Morgan fingerprint density at radius 1 is 1.25 bits per heavy atom. The number of hydrogen-bond acceptors (Lipinski definition) is 4. The molecule has 0 bridgehead atoms. The van der Waals surface area contributed by atoms with Gasteiger partial charge in [0.05, 0.1) is 17.4 Å². The van der Waals surface area contributed by atoms with Crippen LogP contribution < -0.4 is 5.32 Å². The van der Waals surface area contributed by atoms with E-state index in [0.717, 1.165) is 29.8 Å². The van der Waals surface area contributed by atoms with Crippen molar-refractivity contribution < 1.29 is 0 Å². The van der Waals surface area contributed by atoms with Crippen LogP contribution in [0.15, 0.2) is 36.9 Å². The molecule has 0 aliphatic heterocycles. The average molecular weight is 270 g/mol. The summed E-state index contributed by atoms with van der Waals surface area (Å²) in [5.41, 5.74) is 2.19. The second-order valence-corrected chi connectivity index (χ2v) is 4.88. The smallest absolute Gasteiger partial charge is 0.138 e. The van der Waals surface area contributed by atoms with Crippen LogP contribution in [-0.4, -0.2) is 37.4 Å². The van der Waals surface area contributed by atoms with E-state index in [4.69, 9.17) is 0 Å². The van der Waals surface area contributed by atoms with Crippen LogP contribution in [0.3, 0.4) is 0 Å². The largest absolute Gasteiger partial charge is 0.329 e. The molecule has 0 fully saturated rings. The topological polar surface area (TPSA) is 60.6 Å². The first-order valence-electron chi connectivity index (χ1n) is 6.68. The molecule has 1 aromatic carbocycles. The summed E-state index contributed by atoms with van der Waals surface area (Å²) < 4.78 is 3.99. The number of aryl methyl sites for hydroxylation is 1. The molecule has 0 spiro atoms. The number of nitrogens with zero attached hydrogens (tertiary/aromatic N) is 5. The predicted octanol–water partition coefficient (Wildman–Crippen LogP) is 0.995. The molecular formula is C14H18N6. The van der Waals surface area contributed by atoms with Crippen LogP contribution in [0.25, 0.3) is 11.0 Å². The quantitative estimate of drug-likeness (QED) is 0.751. The van der Waals surface area contributed by atoms with Gasteiger partial charge in [0, 0.05) is 26.1 Å². The molecule has 6 heteroatoms. The molecule has 0 radical (unpaired) electrons. The van der Waals surface area contributed by atoms with Gasteiger partial charge in [-0.15, -0.1) is 0 Å². The van der Waals surface area contributed by atoms with Crippen LogP contribution in [0.4, 0.5) is 0 Å². The molecule has 1 N–H and O–H groups in total. The molecule has 0 aliphatic carbocycles. The van der Waals surface area contributed by atoms with E-state index >= 15 is 0 Å². The highest BCUT2D eigenvalue weighted by Gasteiger charge is 2.13. The van der Waals surface area contributed by atoms with E-state index in [9.17, 15) is 0 Å². The minimum atomic E-state index is 0.288. The van der Waals surface area contributed by atoms with Crippen molar-refractivity contribution in [2.24, 2.45) is 7.05 Å². The second-order valence-electron chi connectivity index (χ2n) is 4.88. The molecule has 3 aromatic rings. The number of imidazole rings is 1. The maximum absolute atomic E-state index is 4.42. The summed E-state index contributed by atoms with van der Waals surface area (Å²) in [7, 11) is 3.89. The SMILES string of the molecule is CNC(Cc1ncnn1C)Cn1cnc2ccccc21. The third-order valence-electron chi connectivity index (χ3n) is 3.59. The van der Waals surface area contributed by atoms with Crippen molar-refractivity contribution in [2.45, 2.75) is 19.0 Å². The minimum Gasteiger partial charge on any atom is -0.329 e. The predicted molar refractivity (Wildman–Crippen MR) is 77.3 cm³/mol. The first kappa shape index (κ1) is 12.8. The molecule has 0 saturated heterocycles. The zero-order chi connectivity index (χ0) is 13.9. The normalized spacial score (nSPS) is 12.9. The lowest BCUT2D eigenvalue weighted by molar-refractivity contribution is 0.467. The van der Waals surface area contributed by atoms with E-state index in [1.807, 2.05) is 43.3 Å². The Hall–Kier alpha value is -2.21. The summed E-state index contributed by atoms with van der Waals surface area (Å²) >= 11 is 0. The Labute approximate surface area is 117 Å². The highest BCUT2D eigenvalue weighted by molar-refractivity contribution is 5.74. The van der Waals surface area contributed by atoms with Crippen molar-refractivity contribution in [3.63, 3.8) is 0 Å². The van der Waals surface area contributed by atoms with Crippen LogP contribution >= 0.6 is 0 Å². The molecule has 6 nitrogen and oxygen atoms in total. The Bertz CT molecular complexity index is 698. The van der Waals surface area contributed by atoms with Gasteiger partial charge >= 0.3 is 0 Å². The molecule has 20 heavy (non-hydrogen) atoms. The summed E-state index contributed by atoms with van der Waals surface area (Å²) in [5.74, 6) is 0.980. The number of fused-ring (bicyclic) bond motifs is 1. The fraction of sp³-hybridized carbons (Fsp3) is 0.357. The van der Waals surface area contributed by atoms with Gasteiger partial charge in [0.1, 0.15) is 12.2 Å². The van der Waals surface area contributed by atoms with Gasteiger partial charge in [0.2, 0.25) is 0 Å². The van der Waals surface area contributed by atoms with Gasteiger partial charge in [-0.05, 0) is 19.2 Å². The van der Waals surface area contributed by atoms with Gasteiger partial charge in [-0.25, -0.2) is 9.97 Å². The number of nitrogens with one attached hydrogen (secondary N) is 1. The van der Waals surface area contributed by atoms with Crippen LogP contribution in [0, 0.1) is 0 Å². The van der Waals surface area contributed by atoms with E-state index in [0.29, 0.717) is 0 Å². The molecule has 0 amide bonds. The van der Waals surface area contributed by atoms with Crippen molar-refractivity contribution in [3.8, 4) is 0 Å². The summed E-state index contributed by atoms with van der Waals surface area (Å²) in [4.78, 5) is 8.70. The third-order valence-corrected chi connectivity index (χ3v) is 3.59. The van der Waals surface area contributed by atoms with E-state index in [-0.39, 0.29) is 6.04 Å². The van der Waals surface area contributed by atoms with Crippen molar-refractivity contribution in [1.82, 2.24) is 29.6 Å². The Morgan fingerprint density at radius 3 is 2.85 bits per heavy atom. The summed E-state index contributed by atoms with van der Waals surface area (Å²) in [5, 5.41) is 7.45. The molecular weight excluding hydrogens is 252 g/mol. The first-order chi connectivity index (χ1) is 9.78. The average Bonchev–Trinajstić information content (AvgIpc) is 3.06. The van der Waals surface area contributed by atoms with Crippen LogP contribution in [-0.2, 0) is 20.0 Å². The molecule has 3 rings (SSSR count). The van der Waals surface area contributed by atoms with E-state index in [1.165, 1.54) is 0 Å². The molecule has 2 aromatic heterocycles. The van der Waals surface area contributed by atoms with Gasteiger partial charge in [0.15, 0.2) is 0 Å². The van der Waals surface area contributed by atoms with Gasteiger partial charge < -0.3 is 9.88 Å². The summed E-state index contributed by atoms with van der Waals surface area (Å²) in [6.07, 6.45) is 4.32. The van der Waals surface area contributed by atoms with Crippen LogP contribution in [0.5, 0.6) is 0 Å². The van der Waals surface area contributed by atoms with Crippen molar-refractivity contribution in [3.05, 3.63) is 42.7 Å². The van der Waals surface area contributed by atoms with Crippen LogP contribution in [0.1, 0.15) is 5.82 Å².